The molecule has 1 heterocycles. The van der Waals surface area contributed by atoms with Crippen LogP contribution in [0.1, 0.15) is 13.8 Å². The van der Waals surface area contributed by atoms with E-state index in [4.69, 9.17) is 5.11 Å². The summed E-state index contributed by atoms with van der Waals surface area (Å²) in [5.74, 6) is 0.471. The van der Waals surface area contributed by atoms with Crippen molar-refractivity contribution in [2.75, 3.05) is 37.7 Å². The molecule has 0 saturated carbocycles. The molecule has 96 valence electrons. The summed E-state index contributed by atoms with van der Waals surface area (Å²) in [6.07, 6.45) is 0. The molecule has 0 amide bonds. The van der Waals surface area contributed by atoms with Gasteiger partial charge in [0.25, 0.3) is 0 Å². The number of nitrogens with zero attached hydrogens (tertiary/aromatic N) is 1. The molecule has 1 aliphatic rings. The Labute approximate surface area is 97.7 Å². The highest BCUT2D eigenvalue weighted by molar-refractivity contribution is 7.91. The van der Waals surface area contributed by atoms with Gasteiger partial charge >= 0.3 is 0 Å². The van der Waals surface area contributed by atoms with Crippen LogP contribution in [0.2, 0.25) is 0 Å². The van der Waals surface area contributed by atoms with Crippen molar-refractivity contribution in [3.05, 3.63) is 0 Å². The molecule has 1 fully saturated rings. The van der Waals surface area contributed by atoms with Gasteiger partial charge in [-0.05, 0) is 13.5 Å². The second-order valence-electron chi connectivity index (χ2n) is 4.40. The molecule has 2 unspecified atom stereocenters. The number of nitrogens with one attached hydrogen (secondary N) is 1. The van der Waals surface area contributed by atoms with Crippen LogP contribution in [-0.4, -0.2) is 68.3 Å². The molecule has 6 heteroatoms. The van der Waals surface area contributed by atoms with Gasteiger partial charge in [0.05, 0.1) is 18.1 Å². The lowest BCUT2D eigenvalue weighted by molar-refractivity contribution is 0.161. The second-order valence-corrected chi connectivity index (χ2v) is 6.62. The molecule has 0 aromatic heterocycles. The molecule has 2 atom stereocenters. The number of aliphatic hydroxyl groups is 1. The highest BCUT2D eigenvalue weighted by atomic mass is 32.2. The molecule has 0 aliphatic carbocycles. The third kappa shape index (κ3) is 4.01. The smallest absolute Gasteiger partial charge is 0.153 e. The van der Waals surface area contributed by atoms with Crippen molar-refractivity contribution in [1.29, 1.82) is 0 Å². The summed E-state index contributed by atoms with van der Waals surface area (Å²) in [7, 11) is -2.84. The van der Waals surface area contributed by atoms with Crippen molar-refractivity contribution in [1.82, 2.24) is 10.2 Å². The average molecular weight is 250 g/mol. The van der Waals surface area contributed by atoms with E-state index in [2.05, 4.69) is 10.2 Å². The van der Waals surface area contributed by atoms with E-state index >= 15 is 0 Å². The van der Waals surface area contributed by atoms with E-state index in [1.807, 2.05) is 13.8 Å². The fourth-order valence-corrected chi connectivity index (χ4v) is 3.69. The van der Waals surface area contributed by atoms with E-state index in [1.165, 1.54) is 0 Å². The lowest BCUT2D eigenvalue weighted by Crippen LogP contribution is -2.52. The number of likely N-dealkylation sites (N-methyl/N-ethyl adjacent to an activating group) is 1. The molecular formula is C10H22N2O3S. The fraction of sp³-hybridized carbons (Fsp3) is 1.00. The van der Waals surface area contributed by atoms with E-state index in [9.17, 15) is 8.42 Å². The number of aliphatic hydroxyl groups excluding tert-OH is 1. The zero-order chi connectivity index (χ0) is 12.2. The molecule has 2 N–H and O–H groups in total. The Hall–Kier alpha value is -0.170. The van der Waals surface area contributed by atoms with Crippen LogP contribution in [0.3, 0.4) is 0 Å². The Morgan fingerprint density at radius 1 is 1.56 bits per heavy atom. The van der Waals surface area contributed by atoms with Crippen molar-refractivity contribution in [3.8, 4) is 0 Å². The van der Waals surface area contributed by atoms with Gasteiger partial charge in [-0.3, -0.25) is 4.90 Å². The molecule has 0 aromatic rings. The van der Waals surface area contributed by atoms with E-state index < -0.39 is 9.84 Å². The van der Waals surface area contributed by atoms with Crippen LogP contribution in [-0.2, 0) is 9.84 Å². The molecule has 0 spiro atoms. The fourth-order valence-electron chi connectivity index (χ4n) is 2.06. The predicted octanol–water partition coefficient (Wildman–Crippen LogP) is -0.924. The normalized spacial score (nSPS) is 27.8. The van der Waals surface area contributed by atoms with Gasteiger partial charge in [-0.1, -0.05) is 6.92 Å². The van der Waals surface area contributed by atoms with Crippen molar-refractivity contribution in [2.45, 2.75) is 25.9 Å². The summed E-state index contributed by atoms with van der Waals surface area (Å²) in [5.41, 5.74) is 0. The van der Waals surface area contributed by atoms with Crippen LogP contribution < -0.4 is 5.32 Å². The molecule has 0 bridgehead atoms. The van der Waals surface area contributed by atoms with E-state index in [0.717, 1.165) is 6.54 Å². The predicted molar refractivity (Wildman–Crippen MR) is 64.2 cm³/mol. The minimum atomic E-state index is -2.84. The maximum absolute atomic E-state index is 11.4. The summed E-state index contributed by atoms with van der Waals surface area (Å²) < 4.78 is 22.8. The van der Waals surface area contributed by atoms with Crippen LogP contribution in [0, 0.1) is 0 Å². The lowest BCUT2D eigenvalue weighted by Gasteiger charge is -2.35. The Balaban J connectivity index is 2.49. The number of hydrogen-bond donors (Lipinski definition) is 2. The Morgan fingerprint density at radius 3 is 2.75 bits per heavy atom. The monoisotopic (exact) mass is 250 g/mol. The lowest BCUT2D eigenvalue weighted by atomic mass is 10.2. The Morgan fingerprint density at radius 2 is 2.25 bits per heavy atom. The molecule has 1 saturated heterocycles. The first kappa shape index (κ1) is 13.9. The Kier molecular flexibility index (Phi) is 5.17. The van der Waals surface area contributed by atoms with E-state index in [-0.39, 0.29) is 30.2 Å². The topological polar surface area (TPSA) is 69.6 Å². The zero-order valence-electron chi connectivity index (χ0n) is 10.0. The van der Waals surface area contributed by atoms with Gasteiger partial charge in [-0.15, -0.1) is 0 Å². The highest BCUT2D eigenvalue weighted by Crippen LogP contribution is 2.11. The van der Waals surface area contributed by atoms with Crippen LogP contribution in [0.15, 0.2) is 0 Å². The minimum Gasteiger partial charge on any atom is -0.395 e. The van der Waals surface area contributed by atoms with Crippen LogP contribution in [0.5, 0.6) is 0 Å². The van der Waals surface area contributed by atoms with Gasteiger partial charge < -0.3 is 10.4 Å². The van der Waals surface area contributed by atoms with E-state index in [0.29, 0.717) is 13.1 Å². The van der Waals surface area contributed by atoms with Gasteiger partial charge in [-0.2, -0.15) is 0 Å². The maximum Gasteiger partial charge on any atom is 0.153 e. The molecule has 16 heavy (non-hydrogen) atoms. The third-order valence-electron chi connectivity index (χ3n) is 2.98. The van der Waals surface area contributed by atoms with Crippen LogP contribution in [0.25, 0.3) is 0 Å². The van der Waals surface area contributed by atoms with Gasteiger partial charge in [-0.25, -0.2) is 8.42 Å². The first-order chi connectivity index (χ1) is 7.48. The largest absolute Gasteiger partial charge is 0.395 e. The standard InChI is InChI=1S/C10H22N2O3S/c1-3-11-10(7-13)6-12-4-5-16(14,15)8-9(12)2/h9-11,13H,3-8H2,1-2H3. The highest BCUT2D eigenvalue weighted by Gasteiger charge is 2.29. The zero-order valence-corrected chi connectivity index (χ0v) is 10.8. The van der Waals surface area contributed by atoms with Gasteiger partial charge in [0.2, 0.25) is 0 Å². The van der Waals surface area contributed by atoms with Gasteiger partial charge in [0.15, 0.2) is 9.84 Å². The number of hydrogen-bond acceptors (Lipinski definition) is 5. The molecule has 5 nitrogen and oxygen atoms in total. The summed E-state index contributed by atoms with van der Waals surface area (Å²) in [6.45, 7) is 6.10. The Bertz CT molecular complexity index is 305. The summed E-state index contributed by atoms with van der Waals surface area (Å²) >= 11 is 0. The number of sulfone groups is 1. The summed E-state index contributed by atoms with van der Waals surface area (Å²) in [4.78, 5) is 2.13. The maximum atomic E-state index is 11.4. The summed E-state index contributed by atoms with van der Waals surface area (Å²) in [6, 6.07) is 0.0831. The van der Waals surface area contributed by atoms with E-state index in [1.54, 1.807) is 0 Å². The molecule has 1 aliphatic heterocycles. The van der Waals surface area contributed by atoms with Crippen LogP contribution >= 0.6 is 0 Å². The minimum absolute atomic E-state index is 0.0354. The van der Waals surface area contributed by atoms with Crippen molar-refractivity contribution in [3.63, 3.8) is 0 Å². The SMILES string of the molecule is CCNC(CO)CN1CCS(=O)(=O)CC1C. The van der Waals surface area contributed by atoms with Crippen LogP contribution in [0.4, 0.5) is 0 Å². The molecule has 0 radical (unpaired) electrons. The van der Waals surface area contributed by atoms with Gasteiger partial charge in [0.1, 0.15) is 0 Å². The first-order valence-corrected chi connectivity index (χ1v) is 7.59. The van der Waals surface area contributed by atoms with Crippen molar-refractivity contribution in [2.24, 2.45) is 0 Å². The van der Waals surface area contributed by atoms with Gasteiger partial charge in [0, 0.05) is 25.2 Å². The average Bonchev–Trinajstić information content (AvgIpc) is 2.20. The quantitative estimate of drug-likeness (QED) is 0.660. The molecule has 0 aromatic carbocycles. The third-order valence-corrected chi connectivity index (χ3v) is 4.77. The first-order valence-electron chi connectivity index (χ1n) is 5.77. The molecular weight excluding hydrogens is 228 g/mol. The second kappa shape index (κ2) is 5.95. The number of rotatable bonds is 5. The van der Waals surface area contributed by atoms with Crippen molar-refractivity contribution < 1.29 is 13.5 Å². The van der Waals surface area contributed by atoms with Crippen molar-refractivity contribution >= 4 is 9.84 Å². The molecule has 1 rings (SSSR count). The summed E-state index contributed by atoms with van der Waals surface area (Å²) in [5, 5.41) is 12.3.